The van der Waals surface area contributed by atoms with Crippen LogP contribution in [0.4, 0.5) is 0 Å². The van der Waals surface area contributed by atoms with Crippen molar-refractivity contribution < 1.29 is 21.7 Å². The molecule has 1 aromatic carbocycles. The molecule has 0 aromatic heterocycles. The Morgan fingerprint density at radius 3 is 2.12 bits per heavy atom. The number of nitrogens with one attached hydrogen (secondary N) is 1. The van der Waals surface area contributed by atoms with Crippen LogP contribution in [0.5, 0.6) is 0 Å². The number of rotatable bonds is 4. The molecule has 0 bridgehead atoms. The molecule has 0 spiro atoms. The van der Waals surface area contributed by atoms with Crippen molar-refractivity contribution in [3.63, 3.8) is 0 Å². The normalized spacial score (nSPS) is 12.5. The van der Waals surface area contributed by atoms with Crippen molar-refractivity contribution in [1.29, 1.82) is 0 Å². The number of benzene rings is 1. The van der Waals surface area contributed by atoms with Gasteiger partial charge in [0, 0.05) is 6.54 Å². The third-order valence-corrected chi connectivity index (χ3v) is 3.11. The first-order chi connectivity index (χ1) is 10.2. The molecule has 0 saturated carbocycles. The summed E-state index contributed by atoms with van der Waals surface area (Å²) >= 11 is 0. The van der Waals surface area contributed by atoms with Gasteiger partial charge in [-0.15, -0.1) is 48.0 Å². The van der Waals surface area contributed by atoms with Gasteiger partial charge in [0.15, 0.2) is 0 Å². The number of hydrogen-bond acceptors (Lipinski definition) is 1. The van der Waals surface area contributed by atoms with Gasteiger partial charge >= 0.3 is 21.7 Å². The summed E-state index contributed by atoms with van der Waals surface area (Å²) < 4.78 is 0. The second-order valence-corrected chi connectivity index (χ2v) is 6.97. The van der Waals surface area contributed by atoms with Crippen LogP contribution in [0.1, 0.15) is 45.2 Å². The van der Waals surface area contributed by atoms with Gasteiger partial charge < -0.3 is 10.6 Å². The summed E-state index contributed by atoms with van der Waals surface area (Å²) in [7, 11) is 4.24. The molecule has 1 aliphatic rings. The van der Waals surface area contributed by atoms with Crippen molar-refractivity contribution in [3.05, 3.63) is 65.3 Å². The number of nitrogens with zero attached hydrogens (tertiary/aromatic N) is 1. The van der Waals surface area contributed by atoms with Gasteiger partial charge in [0.05, 0.1) is 0 Å². The second-order valence-electron chi connectivity index (χ2n) is 6.97. The number of likely N-dealkylation sites (N-methyl/N-ethyl adjacent to an activating group) is 1. The fourth-order valence-corrected chi connectivity index (χ4v) is 2.35. The molecule has 1 aliphatic carbocycles. The Balaban J connectivity index is -0.000000539. The van der Waals surface area contributed by atoms with E-state index in [2.05, 4.69) is 68.8 Å². The van der Waals surface area contributed by atoms with Gasteiger partial charge in [0.2, 0.25) is 0 Å². The average Bonchev–Trinajstić information content (AvgIpc) is 2.84. The average molecular weight is 419 g/mol. The van der Waals surface area contributed by atoms with Gasteiger partial charge in [-0.2, -0.15) is 18.1 Å². The first-order valence-electron chi connectivity index (χ1n) is 7.89. The van der Waals surface area contributed by atoms with Gasteiger partial charge in [-0.1, -0.05) is 51.5 Å². The topological polar surface area (TPSA) is 27.0 Å². The Kier molecular flexibility index (Phi) is 16.4. The Bertz CT molecular complexity index is 541. The molecule has 25 heavy (non-hydrogen) atoms. The number of halogens is 2. The Morgan fingerprint density at radius 1 is 1.12 bits per heavy atom. The standard InChI is InChI=1S/C16H20N.C4H10N.2ClH.Ti/c1-4-13-8-5-6-10-15(13)16-11-7-9-14(16)12-17(2)3;1-4(2,3)5;;;/h4-10H,11-12H2,1-3H3;5H,1-3H3;2*1H;/q2*-1;;;+2. The van der Waals surface area contributed by atoms with Gasteiger partial charge in [0.25, 0.3) is 0 Å². The molecule has 0 atom stereocenters. The molecule has 0 heterocycles. The summed E-state index contributed by atoms with van der Waals surface area (Å²) in [4.78, 5) is 2.23. The maximum atomic E-state index is 6.94. The maximum absolute atomic E-state index is 6.94. The van der Waals surface area contributed by atoms with Crippen LogP contribution in [-0.2, 0) is 21.7 Å². The fourth-order valence-electron chi connectivity index (χ4n) is 2.35. The third kappa shape index (κ3) is 11.9. The van der Waals surface area contributed by atoms with Crippen molar-refractivity contribution in [3.8, 4) is 0 Å². The van der Waals surface area contributed by atoms with Crippen LogP contribution in [0.3, 0.4) is 0 Å². The quantitative estimate of drug-likeness (QED) is 0.421. The zero-order chi connectivity index (χ0) is 16.8. The summed E-state index contributed by atoms with van der Waals surface area (Å²) in [6, 6.07) is 8.65. The molecular formula is C20H32Cl2N2Ti. The van der Waals surface area contributed by atoms with E-state index in [-0.39, 0.29) is 52.1 Å². The zero-order valence-corrected chi connectivity index (χ0v) is 19.4. The summed E-state index contributed by atoms with van der Waals surface area (Å²) in [5.74, 6) is 0. The minimum atomic E-state index is -0.250. The van der Waals surface area contributed by atoms with Crippen molar-refractivity contribution in [2.24, 2.45) is 0 Å². The molecule has 1 N–H and O–H groups in total. The monoisotopic (exact) mass is 418 g/mol. The molecular weight excluding hydrogens is 387 g/mol. The van der Waals surface area contributed by atoms with Crippen molar-refractivity contribution >= 4 is 30.4 Å². The minimum Gasteiger partial charge on any atom is -0.673 e. The van der Waals surface area contributed by atoms with E-state index in [9.17, 15) is 0 Å². The third-order valence-electron chi connectivity index (χ3n) is 3.11. The molecule has 1 aromatic rings. The summed E-state index contributed by atoms with van der Waals surface area (Å²) in [5, 5.41) is 0. The first-order valence-corrected chi connectivity index (χ1v) is 7.89. The SMILES string of the molecule is CC(C)(C)[NH-].C[CH-]c1ccccc1C1=C(CN(C)C)C=CC1.Cl.Cl.[Ti+2]. The molecule has 0 radical (unpaired) electrons. The van der Waals surface area contributed by atoms with Crippen LogP contribution in [0.25, 0.3) is 11.3 Å². The van der Waals surface area contributed by atoms with Crippen LogP contribution in [0.15, 0.2) is 42.0 Å². The van der Waals surface area contributed by atoms with Gasteiger partial charge in [-0.3, -0.25) is 0 Å². The zero-order valence-electron chi connectivity index (χ0n) is 16.2. The van der Waals surface area contributed by atoms with Gasteiger partial charge in [-0.25, -0.2) is 0 Å². The molecule has 0 saturated heterocycles. The molecule has 0 aliphatic heterocycles. The summed E-state index contributed by atoms with van der Waals surface area (Å²) in [6.07, 6.45) is 7.78. The Labute approximate surface area is 182 Å². The predicted molar refractivity (Wildman–Crippen MR) is 113 cm³/mol. The van der Waals surface area contributed by atoms with E-state index in [0.29, 0.717) is 0 Å². The van der Waals surface area contributed by atoms with Crippen molar-refractivity contribution in [2.75, 3.05) is 20.6 Å². The largest absolute Gasteiger partial charge is 2.00 e. The van der Waals surface area contributed by atoms with E-state index in [1.165, 1.54) is 22.3 Å². The van der Waals surface area contributed by atoms with Crippen molar-refractivity contribution in [2.45, 2.75) is 39.7 Å². The number of allylic oxidation sites excluding steroid dienone is 2. The van der Waals surface area contributed by atoms with E-state index in [1.54, 1.807) is 0 Å². The molecule has 0 unspecified atom stereocenters. The number of hydrogen-bond donors (Lipinski definition) is 0. The van der Waals surface area contributed by atoms with E-state index in [1.807, 2.05) is 20.8 Å². The summed E-state index contributed by atoms with van der Waals surface area (Å²) in [6.45, 7) is 8.68. The van der Waals surface area contributed by atoms with E-state index < -0.39 is 0 Å². The van der Waals surface area contributed by atoms with Crippen LogP contribution < -0.4 is 0 Å². The van der Waals surface area contributed by atoms with Crippen LogP contribution in [-0.4, -0.2) is 31.1 Å². The molecule has 140 valence electrons. The Hall–Kier alpha value is -0.216. The van der Waals surface area contributed by atoms with E-state index in [4.69, 9.17) is 5.73 Å². The molecule has 5 heteroatoms. The maximum Gasteiger partial charge on any atom is 2.00 e. The fraction of sp³-hybridized carbons (Fsp3) is 0.450. The van der Waals surface area contributed by atoms with Gasteiger partial charge in [-0.05, 0) is 26.1 Å². The van der Waals surface area contributed by atoms with Crippen LogP contribution in [0, 0.1) is 6.42 Å². The van der Waals surface area contributed by atoms with Crippen LogP contribution >= 0.6 is 24.8 Å². The van der Waals surface area contributed by atoms with E-state index in [0.717, 1.165) is 13.0 Å². The molecule has 2 nitrogen and oxygen atoms in total. The van der Waals surface area contributed by atoms with Gasteiger partial charge in [0.1, 0.15) is 0 Å². The smallest absolute Gasteiger partial charge is 0.673 e. The first kappa shape index (κ1) is 29.5. The predicted octanol–water partition coefficient (Wildman–Crippen LogP) is 6.21. The van der Waals surface area contributed by atoms with E-state index >= 15 is 0 Å². The molecule has 2 rings (SSSR count). The molecule has 0 amide bonds. The van der Waals surface area contributed by atoms with Crippen LogP contribution in [0.2, 0.25) is 0 Å². The summed E-state index contributed by atoms with van der Waals surface area (Å²) in [5.41, 5.74) is 12.3. The van der Waals surface area contributed by atoms with Crippen molar-refractivity contribution in [1.82, 2.24) is 4.90 Å². The minimum absolute atomic E-state index is 0. The Morgan fingerprint density at radius 2 is 1.64 bits per heavy atom. The second kappa shape index (κ2) is 13.9. The molecule has 0 fully saturated rings.